The minimum atomic E-state index is -4.49. The maximum Gasteiger partial charge on any atom is 0.416 e. The lowest BCUT2D eigenvalue weighted by Crippen LogP contribution is -2.23. The van der Waals surface area contributed by atoms with Gasteiger partial charge in [-0.05, 0) is 42.8 Å². The van der Waals surface area contributed by atoms with Gasteiger partial charge in [-0.1, -0.05) is 17.4 Å². The zero-order chi connectivity index (χ0) is 28.1. The highest BCUT2D eigenvalue weighted by Crippen LogP contribution is 2.32. The molecule has 0 aromatic carbocycles. The molecule has 0 unspecified atom stereocenters. The van der Waals surface area contributed by atoms with Crippen molar-refractivity contribution >= 4 is 34.1 Å². The Bertz CT molecular complexity index is 1480. The van der Waals surface area contributed by atoms with Crippen LogP contribution in [0.5, 0.6) is 0 Å². The van der Waals surface area contributed by atoms with Gasteiger partial charge in [-0.3, -0.25) is 19.6 Å². The molecule has 1 atom stereocenters. The minimum Gasteiger partial charge on any atom is -0.346 e. The van der Waals surface area contributed by atoms with Crippen molar-refractivity contribution in [2.24, 2.45) is 0 Å². The highest BCUT2D eigenvalue weighted by Gasteiger charge is 2.31. The van der Waals surface area contributed by atoms with E-state index in [9.17, 15) is 22.8 Å². The fourth-order valence-corrected chi connectivity index (χ4v) is 4.89. The smallest absolute Gasteiger partial charge is 0.346 e. The molecule has 4 aromatic heterocycles. The number of carbonyl (C=O) groups excluding carboxylic acids is 2. The summed E-state index contributed by atoms with van der Waals surface area (Å²) < 4.78 is 38.7. The summed E-state index contributed by atoms with van der Waals surface area (Å²) in [5, 5.41) is 22.3. The van der Waals surface area contributed by atoms with Crippen LogP contribution in [-0.2, 0) is 23.9 Å². The maximum atomic E-state index is 12.9. The minimum absolute atomic E-state index is 0.0685. The molecule has 0 aliphatic carbocycles. The predicted octanol–water partition coefficient (Wildman–Crippen LogP) is 3.24. The van der Waals surface area contributed by atoms with Gasteiger partial charge >= 0.3 is 6.18 Å². The second-order valence-corrected chi connectivity index (χ2v) is 9.88. The van der Waals surface area contributed by atoms with Crippen LogP contribution in [0.4, 0.5) is 24.1 Å². The van der Waals surface area contributed by atoms with E-state index in [1.807, 2.05) is 17.0 Å². The van der Waals surface area contributed by atoms with E-state index in [0.29, 0.717) is 29.7 Å². The van der Waals surface area contributed by atoms with Gasteiger partial charge in [0, 0.05) is 37.1 Å². The van der Waals surface area contributed by atoms with E-state index >= 15 is 0 Å². The van der Waals surface area contributed by atoms with Gasteiger partial charge in [0.05, 0.1) is 29.9 Å². The Kier molecular flexibility index (Phi) is 7.91. The highest BCUT2D eigenvalue weighted by molar-refractivity contribution is 7.17. The molecule has 5 heterocycles. The standard InChI is InChI=1S/C25H22F3N9O2S/c26-25(27,28)16-6-9-30-18(11-16)13-31-22(39)23-35-36-24(40-23)37-10-7-15(14-37)19-4-5-20(34-33-19)32-21(38)12-17-3-1-2-8-29-17/h1-6,8-9,11,15H,7,10,12-14H2,(H,31,39)(H,32,34,38)/t15-/m0/s1. The van der Waals surface area contributed by atoms with Crippen LogP contribution in [-0.4, -0.2) is 55.3 Å². The van der Waals surface area contributed by atoms with Gasteiger partial charge in [-0.15, -0.1) is 15.3 Å². The molecule has 0 radical (unpaired) electrons. The molecule has 1 saturated heterocycles. The molecule has 4 aromatic rings. The highest BCUT2D eigenvalue weighted by atomic mass is 32.1. The van der Waals surface area contributed by atoms with Gasteiger partial charge in [0.25, 0.3) is 5.91 Å². The lowest BCUT2D eigenvalue weighted by Gasteiger charge is -2.14. The zero-order valence-electron chi connectivity index (χ0n) is 20.8. The van der Waals surface area contributed by atoms with Crippen LogP contribution in [0, 0.1) is 0 Å². The van der Waals surface area contributed by atoms with Crippen molar-refractivity contribution in [2.75, 3.05) is 23.3 Å². The summed E-state index contributed by atoms with van der Waals surface area (Å²) in [6.45, 7) is 1.07. The zero-order valence-corrected chi connectivity index (χ0v) is 21.6. The SMILES string of the molecule is O=C(Cc1ccccn1)Nc1ccc([C@H]2CCN(c3nnc(C(=O)NCc4cc(C(F)(F)F)ccn4)s3)C2)nn1. The summed E-state index contributed by atoms with van der Waals surface area (Å²) in [5.41, 5.74) is 0.662. The normalized spacial score (nSPS) is 15.2. The Hall–Kier alpha value is -4.53. The fourth-order valence-electron chi connectivity index (χ4n) is 4.09. The molecular weight excluding hydrogens is 547 g/mol. The number of pyridine rings is 2. The number of nitrogens with zero attached hydrogens (tertiary/aromatic N) is 7. The van der Waals surface area contributed by atoms with Crippen LogP contribution in [0.1, 0.15) is 44.8 Å². The average Bonchev–Trinajstić information content (AvgIpc) is 3.63. The number of rotatable bonds is 8. The van der Waals surface area contributed by atoms with E-state index in [-0.39, 0.29) is 35.5 Å². The summed E-state index contributed by atoms with van der Waals surface area (Å²) in [6.07, 6.45) is -0.904. The fraction of sp³-hybridized carbons (Fsp3) is 0.280. The monoisotopic (exact) mass is 569 g/mol. The van der Waals surface area contributed by atoms with Crippen LogP contribution in [0.25, 0.3) is 0 Å². The number of amides is 2. The van der Waals surface area contributed by atoms with Gasteiger partial charge in [0.1, 0.15) is 0 Å². The number of carbonyl (C=O) groups is 2. The molecule has 0 saturated carbocycles. The first kappa shape index (κ1) is 27.1. The lowest BCUT2D eigenvalue weighted by atomic mass is 10.1. The number of nitrogens with one attached hydrogen (secondary N) is 2. The first-order valence-electron chi connectivity index (χ1n) is 12.2. The lowest BCUT2D eigenvalue weighted by molar-refractivity contribution is -0.137. The van der Waals surface area contributed by atoms with E-state index in [1.54, 1.807) is 24.4 Å². The molecule has 5 rings (SSSR count). The number of alkyl halides is 3. The Labute approximate surface area is 229 Å². The number of hydrogen-bond donors (Lipinski definition) is 2. The Morgan fingerprint density at radius 1 is 1.00 bits per heavy atom. The molecule has 1 aliphatic rings. The van der Waals surface area contributed by atoms with Crippen molar-refractivity contribution in [1.82, 2.24) is 35.7 Å². The van der Waals surface area contributed by atoms with Crippen molar-refractivity contribution < 1.29 is 22.8 Å². The van der Waals surface area contributed by atoms with Gasteiger partial charge in [0.2, 0.25) is 16.0 Å². The van der Waals surface area contributed by atoms with Crippen molar-refractivity contribution in [3.8, 4) is 0 Å². The molecule has 40 heavy (non-hydrogen) atoms. The summed E-state index contributed by atoms with van der Waals surface area (Å²) in [5.74, 6) is -0.376. The van der Waals surface area contributed by atoms with Crippen molar-refractivity contribution in [1.29, 1.82) is 0 Å². The van der Waals surface area contributed by atoms with E-state index in [0.717, 1.165) is 41.8 Å². The topological polar surface area (TPSA) is 139 Å². The second kappa shape index (κ2) is 11.7. The van der Waals surface area contributed by atoms with Crippen LogP contribution >= 0.6 is 11.3 Å². The van der Waals surface area contributed by atoms with Gasteiger partial charge < -0.3 is 15.5 Å². The van der Waals surface area contributed by atoms with Gasteiger partial charge in [-0.25, -0.2) is 0 Å². The molecule has 1 aliphatic heterocycles. The molecule has 11 nitrogen and oxygen atoms in total. The predicted molar refractivity (Wildman–Crippen MR) is 138 cm³/mol. The first-order chi connectivity index (χ1) is 19.2. The summed E-state index contributed by atoms with van der Waals surface area (Å²) >= 11 is 1.09. The molecule has 206 valence electrons. The molecule has 2 amide bonds. The average molecular weight is 570 g/mol. The third kappa shape index (κ3) is 6.72. The quantitative estimate of drug-likeness (QED) is 0.327. The van der Waals surface area contributed by atoms with E-state index in [4.69, 9.17) is 0 Å². The third-order valence-electron chi connectivity index (χ3n) is 6.08. The van der Waals surface area contributed by atoms with Gasteiger partial charge in [-0.2, -0.15) is 18.3 Å². The summed E-state index contributed by atoms with van der Waals surface area (Å²) in [7, 11) is 0. The Balaban J connectivity index is 1.12. The van der Waals surface area contributed by atoms with Crippen LogP contribution in [0.15, 0.2) is 54.9 Å². The van der Waals surface area contributed by atoms with Gasteiger partial charge in [0.15, 0.2) is 5.82 Å². The van der Waals surface area contributed by atoms with Crippen molar-refractivity contribution in [3.05, 3.63) is 82.5 Å². The van der Waals surface area contributed by atoms with E-state index < -0.39 is 17.6 Å². The van der Waals surface area contributed by atoms with Crippen LogP contribution in [0.3, 0.4) is 0 Å². The largest absolute Gasteiger partial charge is 0.416 e. The molecule has 1 fully saturated rings. The van der Waals surface area contributed by atoms with E-state index in [2.05, 4.69) is 41.0 Å². The van der Waals surface area contributed by atoms with Crippen molar-refractivity contribution in [2.45, 2.75) is 31.5 Å². The molecule has 0 spiro atoms. The van der Waals surface area contributed by atoms with Crippen LogP contribution < -0.4 is 15.5 Å². The molecular formula is C25H22F3N9O2S. The Morgan fingerprint density at radius 3 is 2.60 bits per heavy atom. The first-order valence-corrected chi connectivity index (χ1v) is 13.0. The summed E-state index contributed by atoms with van der Waals surface area (Å²) in [6, 6.07) is 10.6. The molecule has 15 heteroatoms. The summed E-state index contributed by atoms with van der Waals surface area (Å²) in [4.78, 5) is 34.7. The third-order valence-corrected chi connectivity index (χ3v) is 7.06. The number of anilines is 2. The maximum absolute atomic E-state index is 12.9. The number of aromatic nitrogens is 6. The number of hydrogen-bond acceptors (Lipinski definition) is 10. The van der Waals surface area contributed by atoms with Crippen LogP contribution in [0.2, 0.25) is 0 Å². The van der Waals surface area contributed by atoms with Crippen molar-refractivity contribution in [3.63, 3.8) is 0 Å². The molecule has 2 N–H and O–H groups in total. The number of halogens is 3. The second-order valence-electron chi connectivity index (χ2n) is 8.93. The Morgan fingerprint density at radius 2 is 1.85 bits per heavy atom. The molecule has 0 bridgehead atoms. The van der Waals surface area contributed by atoms with E-state index in [1.165, 1.54) is 0 Å².